The van der Waals surface area contributed by atoms with Gasteiger partial charge in [0.2, 0.25) is 5.91 Å². The van der Waals surface area contributed by atoms with Crippen LogP contribution in [0, 0.1) is 0 Å². The number of furan rings is 1. The summed E-state index contributed by atoms with van der Waals surface area (Å²) in [6.07, 6.45) is 7.15. The van der Waals surface area contributed by atoms with Gasteiger partial charge in [0.15, 0.2) is 0 Å². The van der Waals surface area contributed by atoms with E-state index in [0.29, 0.717) is 5.75 Å². The molecule has 0 saturated heterocycles. The second kappa shape index (κ2) is 8.12. The molecule has 0 radical (unpaired) electrons. The van der Waals surface area contributed by atoms with Crippen molar-refractivity contribution in [2.24, 2.45) is 0 Å². The average molecular weight is 310 g/mol. The first kappa shape index (κ1) is 15.9. The zero-order chi connectivity index (χ0) is 15.1. The van der Waals surface area contributed by atoms with E-state index in [1.54, 1.807) is 13.2 Å². The van der Waals surface area contributed by atoms with E-state index in [1.807, 2.05) is 12.1 Å². The quantitative estimate of drug-likeness (QED) is 0.877. The Bertz CT molecular complexity index is 455. The Morgan fingerprint density at radius 2 is 2.14 bits per heavy atom. The number of hydrogen-bond acceptors (Lipinski definition) is 4. The topological polar surface area (TPSA) is 71.3 Å². The zero-order valence-electron chi connectivity index (χ0n) is 12.3. The highest BCUT2D eigenvalue weighted by atomic mass is 32.2. The SMILES string of the molecule is C[C@@H](SCc1ccco1)C(=O)NC(=O)NC1CCCCC1. The number of amides is 3. The fraction of sp³-hybridized carbons (Fsp3) is 0.600. The van der Waals surface area contributed by atoms with Crippen LogP contribution in [0.5, 0.6) is 0 Å². The predicted molar refractivity (Wildman–Crippen MR) is 83.0 cm³/mol. The number of thioether (sulfide) groups is 1. The highest BCUT2D eigenvalue weighted by Crippen LogP contribution is 2.19. The van der Waals surface area contributed by atoms with E-state index in [1.165, 1.54) is 18.2 Å². The van der Waals surface area contributed by atoms with Crippen LogP contribution in [0.1, 0.15) is 44.8 Å². The molecule has 3 amide bonds. The Balaban J connectivity index is 1.68. The minimum atomic E-state index is -0.377. The third-order valence-corrected chi connectivity index (χ3v) is 4.77. The molecule has 2 N–H and O–H groups in total. The lowest BCUT2D eigenvalue weighted by molar-refractivity contribution is -0.119. The molecular formula is C15H22N2O3S. The molecule has 1 aromatic rings. The standard InChI is InChI=1S/C15H22N2O3S/c1-11(21-10-13-8-5-9-20-13)14(18)17-15(19)16-12-6-3-2-4-7-12/h5,8-9,11-12H,2-4,6-7,10H2,1H3,(H2,16,17,18,19)/t11-/m1/s1. The van der Waals surface area contributed by atoms with Gasteiger partial charge in [0, 0.05) is 6.04 Å². The van der Waals surface area contributed by atoms with Gasteiger partial charge in [0.25, 0.3) is 0 Å². The molecule has 1 heterocycles. The fourth-order valence-electron chi connectivity index (χ4n) is 2.36. The average Bonchev–Trinajstić information content (AvgIpc) is 2.98. The van der Waals surface area contributed by atoms with Crippen LogP contribution in [0.25, 0.3) is 0 Å². The van der Waals surface area contributed by atoms with Gasteiger partial charge in [-0.1, -0.05) is 19.3 Å². The van der Waals surface area contributed by atoms with Crippen molar-refractivity contribution >= 4 is 23.7 Å². The second-order valence-corrected chi connectivity index (χ2v) is 6.66. The van der Waals surface area contributed by atoms with Crippen LogP contribution in [0.2, 0.25) is 0 Å². The lowest BCUT2D eigenvalue weighted by Gasteiger charge is -2.23. The van der Waals surface area contributed by atoms with Gasteiger partial charge in [0.05, 0.1) is 17.3 Å². The Morgan fingerprint density at radius 3 is 2.81 bits per heavy atom. The van der Waals surface area contributed by atoms with E-state index in [4.69, 9.17) is 4.42 Å². The van der Waals surface area contributed by atoms with E-state index < -0.39 is 0 Å². The van der Waals surface area contributed by atoms with Gasteiger partial charge in [-0.25, -0.2) is 4.79 Å². The molecule has 2 rings (SSSR count). The van der Waals surface area contributed by atoms with Gasteiger partial charge in [-0.15, -0.1) is 11.8 Å². The molecule has 1 aromatic heterocycles. The summed E-state index contributed by atoms with van der Waals surface area (Å²) in [5.74, 6) is 1.18. The molecule has 21 heavy (non-hydrogen) atoms. The molecule has 6 heteroatoms. The van der Waals surface area contributed by atoms with E-state index in [9.17, 15) is 9.59 Å². The van der Waals surface area contributed by atoms with E-state index >= 15 is 0 Å². The summed E-state index contributed by atoms with van der Waals surface area (Å²) < 4.78 is 5.21. The maximum absolute atomic E-state index is 11.9. The van der Waals surface area contributed by atoms with Crippen LogP contribution in [-0.2, 0) is 10.5 Å². The maximum Gasteiger partial charge on any atom is 0.321 e. The largest absolute Gasteiger partial charge is 0.468 e. The summed E-state index contributed by atoms with van der Waals surface area (Å²) in [6.45, 7) is 1.79. The zero-order valence-corrected chi connectivity index (χ0v) is 13.1. The van der Waals surface area contributed by atoms with Crippen LogP contribution in [0.3, 0.4) is 0 Å². The lowest BCUT2D eigenvalue weighted by atomic mass is 9.96. The molecule has 0 aromatic carbocycles. The van der Waals surface area contributed by atoms with Crippen molar-refractivity contribution in [3.05, 3.63) is 24.2 Å². The van der Waals surface area contributed by atoms with Crippen LogP contribution >= 0.6 is 11.8 Å². The number of carbonyl (C=O) groups excluding carboxylic acids is 2. The molecule has 0 aliphatic heterocycles. The Labute approximate surface area is 129 Å². The van der Waals surface area contributed by atoms with Crippen molar-refractivity contribution < 1.29 is 14.0 Å². The summed E-state index contributed by atoms with van der Waals surface area (Å²) in [7, 11) is 0. The third kappa shape index (κ3) is 5.46. The molecule has 5 nitrogen and oxygen atoms in total. The molecule has 0 unspecified atom stereocenters. The predicted octanol–water partition coefficient (Wildman–Crippen LogP) is 3.06. The molecule has 0 bridgehead atoms. The minimum Gasteiger partial charge on any atom is -0.468 e. The minimum absolute atomic E-state index is 0.206. The number of urea groups is 1. The van der Waals surface area contributed by atoms with Crippen molar-refractivity contribution in [3.8, 4) is 0 Å². The Kier molecular flexibility index (Phi) is 6.17. The van der Waals surface area contributed by atoms with Gasteiger partial charge in [-0.2, -0.15) is 0 Å². The van der Waals surface area contributed by atoms with Crippen LogP contribution in [0.4, 0.5) is 4.79 Å². The van der Waals surface area contributed by atoms with Crippen molar-refractivity contribution in [1.29, 1.82) is 0 Å². The van der Waals surface area contributed by atoms with E-state index in [-0.39, 0.29) is 23.2 Å². The van der Waals surface area contributed by atoms with Crippen LogP contribution in [0.15, 0.2) is 22.8 Å². The van der Waals surface area contributed by atoms with Gasteiger partial charge in [-0.05, 0) is 31.9 Å². The molecule has 1 fully saturated rings. The normalized spacial score (nSPS) is 17.2. The van der Waals surface area contributed by atoms with Crippen molar-refractivity contribution in [1.82, 2.24) is 10.6 Å². The highest BCUT2D eigenvalue weighted by Gasteiger charge is 2.20. The highest BCUT2D eigenvalue weighted by molar-refractivity contribution is 7.99. The summed E-state index contributed by atoms with van der Waals surface area (Å²) in [5, 5.41) is 4.99. The van der Waals surface area contributed by atoms with E-state index in [2.05, 4.69) is 10.6 Å². The first-order chi connectivity index (χ1) is 10.1. The van der Waals surface area contributed by atoms with Gasteiger partial charge in [-0.3, -0.25) is 10.1 Å². The number of rotatable bonds is 5. The smallest absolute Gasteiger partial charge is 0.321 e. The molecule has 1 saturated carbocycles. The summed E-state index contributed by atoms with van der Waals surface area (Å²) in [6, 6.07) is 3.51. The third-order valence-electron chi connectivity index (χ3n) is 3.60. The lowest BCUT2D eigenvalue weighted by Crippen LogP contribution is -2.47. The second-order valence-electron chi connectivity index (χ2n) is 5.33. The van der Waals surface area contributed by atoms with Gasteiger partial charge >= 0.3 is 6.03 Å². The number of carbonyl (C=O) groups is 2. The molecule has 1 aliphatic carbocycles. The molecule has 1 aliphatic rings. The number of hydrogen-bond donors (Lipinski definition) is 2. The van der Waals surface area contributed by atoms with Gasteiger partial charge < -0.3 is 9.73 Å². The maximum atomic E-state index is 11.9. The van der Waals surface area contributed by atoms with Crippen molar-refractivity contribution in [2.45, 2.75) is 56.1 Å². The molecular weight excluding hydrogens is 288 g/mol. The van der Waals surface area contributed by atoms with Gasteiger partial charge in [0.1, 0.15) is 5.76 Å². The van der Waals surface area contributed by atoms with Crippen molar-refractivity contribution in [3.63, 3.8) is 0 Å². The van der Waals surface area contributed by atoms with E-state index in [0.717, 1.165) is 31.4 Å². The number of nitrogens with one attached hydrogen (secondary N) is 2. The molecule has 116 valence electrons. The summed E-state index contributed by atoms with van der Waals surface area (Å²) in [5.41, 5.74) is 0. The summed E-state index contributed by atoms with van der Waals surface area (Å²) >= 11 is 1.44. The monoisotopic (exact) mass is 310 g/mol. The molecule has 1 atom stereocenters. The summed E-state index contributed by atoms with van der Waals surface area (Å²) in [4.78, 5) is 23.7. The molecule has 0 spiro atoms. The van der Waals surface area contributed by atoms with Crippen LogP contribution < -0.4 is 10.6 Å². The van der Waals surface area contributed by atoms with Crippen LogP contribution in [-0.4, -0.2) is 23.2 Å². The van der Waals surface area contributed by atoms with Crippen molar-refractivity contribution in [2.75, 3.05) is 0 Å². The Morgan fingerprint density at radius 1 is 1.38 bits per heavy atom. The fourth-order valence-corrected chi connectivity index (χ4v) is 3.15. The Hall–Kier alpha value is -1.43. The number of imide groups is 1. The first-order valence-electron chi connectivity index (χ1n) is 7.40. The first-order valence-corrected chi connectivity index (χ1v) is 8.45.